The lowest BCUT2D eigenvalue weighted by atomic mass is 10.1. The molecular weight excluding hydrogens is 396 g/mol. The van der Waals surface area contributed by atoms with Gasteiger partial charge in [0, 0.05) is 22.9 Å². The second kappa shape index (κ2) is 8.81. The molecule has 0 unspecified atom stereocenters. The molecule has 0 fully saturated rings. The van der Waals surface area contributed by atoms with E-state index in [1.165, 1.54) is 11.3 Å². The molecule has 2 heterocycles. The Hall–Kier alpha value is -2.96. The summed E-state index contributed by atoms with van der Waals surface area (Å²) in [7, 11) is 2.00. The lowest BCUT2D eigenvalue weighted by Crippen LogP contribution is -2.19. The van der Waals surface area contributed by atoms with Gasteiger partial charge < -0.3 is 14.4 Å². The first kappa shape index (κ1) is 20.3. The van der Waals surface area contributed by atoms with Crippen LogP contribution in [0.1, 0.15) is 25.3 Å². The van der Waals surface area contributed by atoms with Crippen molar-refractivity contribution in [2.45, 2.75) is 26.3 Å². The Morgan fingerprint density at radius 2 is 1.97 bits per heavy atom. The van der Waals surface area contributed by atoms with Gasteiger partial charge in [-0.1, -0.05) is 43.7 Å². The first-order valence-corrected chi connectivity index (χ1v) is 10.9. The molecule has 2 aromatic heterocycles. The van der Waals surface area contributed by atoms with Crippen LogP contribution in [0, 0.1) is 0 Å². The monoisotopic (exact) mass is 420 g/mol. The van der Waals surface area contributed by atoms with Crippen LogP contribution in [0.15, 0.2) is 63.1 Å². The highest BCUT2D eigenvalue weighted by molar-refractivity contribution is 7.13. The normalized spacial score (nSPS) is 11.4. The minimum Gasteiger partial charge on any atom is -0.507 e. The topological polar surface area (TPSA) is 66.6 Å². The van der Waals surface area contributed by atoms with E-state index in [9.17, 15) is 9.90 Å². The van der Waals surface area contributed by atoms with Crippen LogP contribution in [-0.2, 0) is 6.54 Å². The third-order valence-electron chi connectivity index (χ3n) is 5.11. The van der Waals surface area contributed by atoms with E-state index in [-0.39, 0.29) is 5.75 Å². The highest BCUT2D eigenvalue weighted by atomic mass is 32.1. The molecule has 0 saturated heterocycles. The highest BCUT2D eigenvalue weighted by Gasteiger charge is 2.17. The SMILES string of the molecule is CCCCN(C)Cc1c(O)ccc2cc(-c3nc(-c4ccccc4)cs3)c(=O)oc12. The molecule has 5 nitrogen and oxygen atoms in total. The van der Waals surface area contributed by atoms with E-state index in [4.69, 9.17) is 4.42 Å². The Morgan fingerprint density at radius 3 is 2.73 bits per heavy atom. The summed E-state index contributed by atoms with van der Waals surface area (Å²) in [4.78, 5) is 19.6. The lowest BCUT2D eigenvalue weighted by Gasteiger charge is -2.17. The van der Waals surface area contributed by atoms with Crippen LogP contribution < -0.4 is 5.63 Å². The van der Waals surface area contributed by atoms with Crippen LogP contribution in [0.4, 0.5) is 0 Å². The van der Waals surface area contributed by atoms with Crippen molar-refractivity contribution in [3.63, 3.8) is 0 Å². The number of unbranched alkanes of at least 4 members (excludes halogenated alkanes) is 1. The van der Waals surface area contributed by atoms with Crippen LogP contribution >= 0.6 is 11.3 Å². The van der Waals surface area contributed by atoms with Crippen molar-refractivity contribution in [1.82, 2.24) is 9.88 Å². The van der Waals surface area contributed by atoms with Gasteiger partial charge in [0.05, 0.1) is 16.8 Å². The van der Waals surface area contributed by atoms with Crippen molar-refractivity contribution in [1.29, 1.82) is 0 Å². The number of nitrogens with zero attached hydrogens (tertiary/aromatic N) is 2. The van der Waals surface area contributed by atoms with Gasteiger partial charge in [0.25, 0.3) is 0 Å². The summed E-state index contributed by atoms with van der Waals surface area (Å²) < 4.78 is 5.70. The van der Waals surface area contributed by atoms with E-state index >= 15 is 0 Å². The number of hydrogen-bond donors (Lipinski definition) is 1. The van der Waals surface area contributed by atoms with Crippen molar-refractivity contribution < 1.29 is 9.52 Å². The molecule has 0 atom stereocenters. The smallest absolute Gasteiger partial charge is 0.346 e. The van der Waals surface area contributed by atoms with Gasteiger partial charge in [0.15, 0.2) is 0 Å². The number of phenols is 1. The van der Waals surface area contributed by atoms with Gasteiger partial charge in [0.1, 0.15) is 16.3 Å². The Morgan fingerprint density at radius 1 is 1.17 bits per heavy atom. The van der Waals surface area contributed by atoms with Crippen LogP contribution in [-0.4, -0.2) is 28.6 Å². The Bertz CT molecular complexity index is 1210. The van der Waals surface area contributed by atoms with E-state index in [2.05, 4.69) is 16.8 Å². The molecule has 4 aromatic rings. The molecule has 0 aliphatic carbocycles. The van der Waals surface area contributed by atoms with Crippen LogP contribution in [0.3, 0.4) is 0 Å². The summed E-state index contributed by atoms with van der Waals surface area (Å²) in [6.07, 6.45) is 2.17. The van der Waals surface area contributed by atoms with Crippen molar-refractivity contribution in [3.8, 4) is 27.6 Å². The summed E-state index contributed by atoms with van der Waals surface area (Å²) >= 11 is 1.42. The van der Waals surface area contributed by atoms with Gasteiger partial charge in [-0.2, -0.15) is 0 Å². The zero-order valence-electron chi connectivity index (χ0n) is 17.1. The highest BCUT2D eigenvalue weighted by Crippen LogP contribution is 2.32. The number of benzene rings is 2. The first-order valence-electron chi connectivity index (χ1n) is 10.1. The van der Waals surface area contributed by atoms with Crippen LogP contribution in [0.5, 0.6) is 5.75 Å². The lowest BCUT2D eigenvalue weighted by molar-refractivity contribution is 0.314. The van der Waals surface area contributed by atoms with Crippen molar-refractivity contribution in [3.05, 3.63) is 69.9 Å². The molecule has 0 radical (unpaired) electrons. The van der Waals surface area contributed by atoms with Gasteiger partial charge in [-0.3, -0.25) is 0 Å². The number of hydrogen-bond acceptors (Lipinski definition) is 6. The Kier molecular flexibility index (Phi) is 5.97. The summed E-state index contributed by atoms with van der Waals surface area (Å²) in [6, 6.07) is 15.1. The van der Waals surface area contributed by atoms with Crippen molar-refractivity contribution >= 4 is 22.3 Å². The average molecular weight is 421 g/mol. The molecule has 30 heavy (non-hydrogen) atoms. The first-order chi connectivity index (χ1) is 14.6. The molecule has 0 amide bonds. The maximum Gasteiger partial charge on any atom is 0.346 e. The molecule has 1 N–H and O–H groups in total. The minimum absolute atomic E-state index is 0.141. The third kappa shape index (κ3) is 4.15. The van der Waals surface area contributed by atoms with Crippen LogP contribution in [0.2, 0.25) is 0 Å². The zero-order valence-corrected chi connectivity index (χ0v) is 17.9. The van der Waals surface area contributed by atoms with Crippen LogP contribution in [0.25, 0.3) is 32.8 Å². The molecule has 0 saturated carbocycles. The second-order valence-electron chi connectivity index (χ2n) is 7.42. The van der Waals surface area contributed by atoms with Crippen molar-refractivity contribution in [2.24, 2.45) is 0 Å². The maximum atomic E-state index is 12.8. The van der Waals surface area contributed by atoms with E-state index < -0.39 is 5.63 Å². The fourth-order valence-corrected chi connectivity index (χ4v) is 4.28. The molecule has 0 aliphatic rings. The van der Waals surface area contributed by atoms with Gasteiger partial charge in [0.2, 0.25) is 0 Å². The Balaban J connectivity index is 1.72. The predicted molar refractivity (Wildman–Crippen MR) is 122 cm³/mol. The van der Waals surface area contributed by atoms with Gasteiger partial charge >= 0.3 is 5.63 Å². The van der Waals surface area contributed by atoms with E-state index in [0.29, 0.717) is 28.3 Å². The van der Waals surface area contributed by atoms with Gasteiger partial charge in [-0.05, 0) is 38.2 Å². The largest absolute Gasteiger partial charge is 0.507 e. The molecule has 154 valence electrons. The number of fused-ring (bicyclic) bond motifs is 1. The molecule has 6 heteroatoms. The van der Waals surface area contributed by atoms with E-state index in [0.717, 1.165) is 36.0 Å². The Labute approximate surface area is 179 Å². The predicted octanol–water partition coefficient (Wildman–Crippen LogP) is 5.52. The molecule has 0 bridgehead atoms. The number of rotatable bonds is 7. The second-order valence-corrected chi connectivity index (χ2v) is 8.28. The molecule has 2 aromatic carbocycles. The maximum absolute atomic E-state index is 12.8. The average Bonchev–Trinajstić information content (AvgIpc) is 3.25. The summed E-state index contributed by atoms with van der Waals surface area (Å²) in [5.74, 6) is 0.141. The molecular formula is C24H24N2O3S. The fourth-order valence-electron chi connectivity index (χ4n) is 3.45. The minimum atomic E-state index is -0.445. The number of thiazole rings is 1. The van der Waals surface area contributed by atoms with Gasteiger partial charge in [-0.25, -0.2) is 9.78 Å². The molecule has 4 rings (SSSR count). The molecule has 0 spiro atoms. The molecule has 0 aliphatic heterocycles. The number of aromatic hydroxyl groups is 1. The summed E-state index contributed by atoms with van der Waals surface area (Å²) in [5, 5.41) is 13.7. The van der Waals surface area contributed by atoms with Gasteiger partial charge in [-0.15, -0.1) is 11.3 Å². The summed E-state index contributed by atoms with van der Waals surface area (Å²) in [5.41, 5.74) is 2.91. The van der Waals surface area contributed by atoms with E-state index in [1.807, 2.05) is 48.8 Å². The zero-order chi connectivity index (χ0) is 21.1. The standard InChI is InChI=1S/C24H24N2O3S/c1-3-4-12-26(2)14-19-21(27)11-10-17-13-18(24(28)29-22(17)19)23-25-20(15-30-23)16-8-6-5-7-9-16/h5-11,13,15,27H,3-4,12,14H2,1-2H3. The number of phenolic OH excluding ortho intramolecular Hbond substituents is 1. The summed E-state index contributed by atoms with van der Waals surface area (Å²) in [6.45, 7) is 3.57. The third-order valence-corrected chi connectivity index (χ3v) is 5.98. The van der Waals surface area contributed by atoms with E-state index in [1.54, 1.807) is 12.1 Å². The quantitative estimate of drug-likeness (QED) is 0.399. The fraction of sp³-hybridized carbons (Fsp3) is 0.250. The van der Waals surface area contributed by atoms with Crippen molar-refractivity contribution in [2.75, 3.05) is 13.6 Å². The number of aromatic nitrogens is 1.